The van der Waals surface area contributed by atoms with E-state index in [9.17, 15) is 8.42 Å². The van der Waals surface area contributed by atoms with Crippen LogP contribution in [0.5, 0.6) is 0 Å². The van der Waals surface area contributed by atoms with Crippen molar-refractivity contribution in [1.29, 1.82) is 0 Å². The molecule has 0 amide bonds. The van der Waals surface area contributed by atoms with E-state index in [1.807, 2.05) is 42.5 Å². The van der Waals surface area contributed by atoms with Gasteiger partial charge in [0, 0.05) is 23.7 Å². The fourth-order valence-corrected chi connectivity index (χ4v) is 6.35. The second kappa shape index (κ2) is 7.99. The van der Waals surface area contributed by atoms with Crippen LogP contribution in [0.3, 0.4) is 0 Å². The molecule has 6 rings (SSSR count). The van der Waals surface area contributed by atoms with Crippen LogP contribution in [0.15, 0.2) is 48.5 Å². The molecular weight excluding hydrogens is 411 g/mol. The van der Waals surface area contributed by atoms with Crippen molar-refractivity contribution in [2.24, 2.45) is 5.92 Å². The smallest absolute Gasteiger partial charge is 0.214 e. The summed E-state index contributed by atoms with van der Waals surface area (Å²) in [5.74, 6) is 0.142. The third-order valence-corrected chi connectivity index (χ3v) is 8.38. The van der Waals surface area contributed by atoms with Crippen LogP contribution in [0.25, 0.3) is 11.1 Å². The van der Waals surface area contributed by atoms with E-state index in [2.05, 4.69) is 10.0 Å². The number of hydrogen-bond acceptors (Lipinski definition) is 3. The highest BCUT2D eigenvalue weighted by Crippen LogP contribution is 2.39. The van der Waals surface area contributed by atoms with Gasteiger partial charge in [-0.05, 0) is 49.1 Å². The predicted molar refractivity (Wildman–Crippen MR) is 115 cm³/mol. The molecule has 4 fully saturated rings. The molecule has 2 aromatic carbocycles. The molecule has 2 saturated heterocycles. The van der Waals surface area contributed by atoms with Crippen LogP contribution in [0.2, 0.25) is 0 Å². The molecule has 0 radical (unpaired) electrons. The van der Waals surface area contributed by atoms with E-state index in [1.165, 1.54) is 0 Å². The number of piperidine rings is 2. The zero-order chi connectivity index (χ0) is 19.3. The van der Waals surface area contributed by atoms with Crippen molar-refractivity contribution >= 4 is 22.4 Å². The van der Waals surface area contributed by atoms with Gasteiger partial charge in [0.05, 0.1) is 5.25 Å². The molecule has 2 bridgehead atoms. The van der Waals surface area contributed by atoms with Crippen molar-refractivity contribution in [3.63, 3.8) is 0 Å². The Balaban J connectivity index is 0.00000205. The van der Waals surface area contributed by atoms with Gasteiger partial charge in [0.15, 0.2) is 0 Å². The normalized spacial score (nSPS) is 28.3. The molecule has 2 aliphatic heterocycles. The number of nitrogens with one attached hydrogen (secondary N) is 2. The number of sulfonamides is 1. The quantitative estimate of drug-likeness (QED) is 0.726. The van der Waals surface area contributed by atoms with Gasteiger partial charge in [-0.25, -0.2) is 17.5 Å². The first-order chi connectivity index (χ1) is 13.5. The summed E-state index contributed by atoms with van der Waals surface area (Å²) in [6.07, 6.45) is 3.99. The Bertz CT molecular complexity index is 976. The maximum Gasteiger partial charge on any atom is 0.214 e. The molecule has 2 N–H and O–H groups in total. The van der Waals surface area contributed by atoms with Crippen LogP contribution in [0.1, 0.15) is 31.2 Å². The number of halogens is 2. The lowest BCUT2D eigenvalue weighted by Crippen LogP contribution is -2.68. The zero-order valence-corrected chi connectivity index (χ0v) is 17.7. The van der Waals surface area contributed by atoms with Crippen molar-refractivity contribution in [1.82, 2.24) is 10.0 Å². The molecule has 7 heteroatoms. The minimum Gasteiger partial charge on any atom is -0.309 e. The Morgan fingerprint density at radius 1 is 1.03 bits per heavy atom. The number of benzene rings is 2. The highest BCUT2D eigenvalue weighted by atomic mass is 35.5. The Hall–Kier alpha value is -1.47. The van der Waals surface area contributed by atoms with Gasteiger partial charge in [-0.2, -0.15) is 0 Å². The molecule has 2 aromatic rings. The van der Waals surface area contributed by atoms with E-state index in [0.29, 0.717) is 29.5 Å². The number of fused-ring (bicyclic) bond motifs is 2. The second-order valence-corrected chi connectivity index (χ2v) is 10.4. The summed E-state index contributed by atoms with van der Waals surface area (Å²) in [7, 11) is -3.27. The lowest BCUT2D eigenvalue weighted by Gasteiger charge is -2.52. The molecule has 29 heavy (non-hydrogen) atoms. The maximum absolute atomic E-state index is 15.3. The van der Waals surface area contributed by atoms with Crippen molar-refractivity contribution in [3.05, 3.63) is 59.9 Å². The van der Waals surface area contributed by atoms with Gasteiger partial charge < -0.3 is 5.32 Å². The monoisotopic (exact) mass is 436 g/mol. The Morgan fingerprint density at radius 2 is 1.76 bits per heavy atom. The van der Waals surface area contributed by atoms with Gasteiger partial charge in [-0.3, -0.25) is 0 Å². The van der Waals surface area contributed by atoms with E-state index < -0.39 is 10.0 Å². The van der Waals surface area contributed by atoms with E-state index in [-0.39, 0.29) is 35.6 Å². The molecule has 2 heterocycles. The average Bonchev–Trinajstić information content (AvgIpc) is 3.50. The SMILES string of the molecule is Cl.O=S(=O)(N[C@H]1C2CC(C2)N[C@H]1Cc1cccc(-c2ccccc2)c1F)C1CC1. The molecule has 2 saturated carbocycles. The molecule has 0 unspecified atom stereocenters. The average molecular weight is 437 g/mol. The van der Waals surface area contributed by atoms with Crippen LogP contribution in [-0.4, -0.2) is 31.8 Å². The lowest BCUT2D eigenvalue weighted by atomic mass is 9.68. The van der Waals surface area contributed by atoms with Gasteiger partial charge in [-0.1, -0.05) is 48.5 Å². The van der Waals surface area contributed by atoms with Gasteiger partial charge >= 0.3 is 0 Å². The zero-order valence-electron chi connectivity index (χ0n) is 16.1. The largest absolute Gasteiger partial charge is 0.309 e. The first kappa shape index (κ1) is 20.8. The first-order valence-electron chi connectivity index (χ1n) is 10.1. The summed E-state index contributed by atoms with van der Waals surface area (Å²) < 4.78 is 43.3. The Morgan fingerprint density at radius 3 is 2.45 bits per heavy atom. The molecule has 156 valence electrons. The molecule has 2 atom stereocenters. The van der Waals surface area contributed by atoms with Gasteiger partial charge in [0.25, 0.3) is 0 Å². The van der Waals surface area contributed by atoms with Crippen LogP contribution in [0.4, 0.5) is 4.39 Å². The lowest BCUT2D eigenvalue weighted by molar-refractivity contribution is 0.0808. The summed E-state index contributed by atoms with van der Waals surface area (Å²) in [5.41, 5.74) is 2.08. The van der Waals surface area contributed by atoms with Crippen LogP contribution in [0, 0.1) is 11.7 Å². The molecule has 0 aromatic heterocycles. The van der Waals surface area contributed by atoms with Crippen molar-refractivity contribution in [2.45, 2.75) is 55.5 Å². The summed E-state index contributed by atoms with van der Waals surface area (Å²) in [4.78, 5) is 0. The molecular formula is C22H26ClFN2O2S. The second-order valence-electron chi connectivity index (χ2n) is 8.44. The minimum absolute atomic E-state index is 0. The Kier molecular flexibility index (Phi) is 5.73. The van der Waals surface area contributed by atoms with E-state index in [0.717, 1.165) is 31.2 Å². The fourth-order valence-electron chi connectivity index (χ4n) is 4.67. The summed E-state index contributed by atoms with van der Waals surface area (Å²) in [6, 6.07) is 15.2. The number of rotatable bonds is 6. The fraction of sp³-hybridized carbons (Fsp3) is 0.455. The molecule has 2 aliphatic carbocycles. The standard InChI is InChI=1S/C22H25FN2O2S.ClH/c23-21-15(7-4-8-19(21)14-5-2-1-3-6-14)13-20-22(16-11-17(12-16)24-20)25-28(26,27)18-9-10-18;/h1-8,16-18,20,22,24-25H,9-13H2;1H/t16?,17?,20-,22-;/m0./s1. The summed E-state index contributed by atoms with van der Waals surface area (Å²) >= 11 is 0. The third-order valence-electron chi connectivity index (χ3n) is 6.43. The summed E-state index contributed by atoms with van der Waals surface area (Å²) in [5, 5.41) is 3.32. The maximum atomic E-state index is 15.3. The highest BCUT2D eigenvalue weighted by Gasteiger charge is 2.48. The Labute approximate surface area is 177 Å². The van der Waals surface area contributed by atoms with Crippen molar-refractivity contribution < 1.29 is 12.8 Å². The highest BCUT2D eigenvalue weighted by molar-refractivity contribution is 7.90. The minimum atomic E-state index is -3.27. The van der Waals surface area contributed by atoms with Crippen LogP contribution in [-0.2, 0) is 16.4 Å². The molecule has 4 aliphatic rings. The van der Waals surface area contributed by atoms with Crippen LogP contribution >= 0.6 is 12.4 Å². The number of hydrogen-bond donors (Lipinski definition) is 2. The van der Waals surface area contributed by atoms with E-state index >= 15 is 4.39 Å². The third kappa shape index (κ3) is 4.08. The van der Waals surface area contributed by atoms with E-state index in [4.69, 9.17) is 0 Å². The van der Waals surface area contributed by atoms with Crippen LogP contribution < -0.4 is 10.0 Å². The van der Waals surface area contributed by atoms with Gasteiger partial charge in [0.2, 0.25) is 10.0 Å². The van der Waals surface area contributed by atoms with Crippen molar-refractivity contribution in [3.8, 4) is 11.1 Å². The van der Waals surface area contributed by atoms with Crippen molar-refractivity contribution in [2.75, 3.05) is 0 Å². The molecule has 0 spiro atoms. The molecule has 4 nitrogen and oxygen atoms in total. The topological polar surface area (TPSA) is 58.2 Å². The first-order valence-corrected chi connectivity index (χ1v) is 11.7. The van der Waals surface area contributed by atoms with Gasteiger partial charge in [0.1, 0.15) is 5.82 Å². The van der Waals surface area contributed by atoms with Gasteiger partial charge in [-0.15, -0.1) is 12.4 Å². The van der Waals surface area contributed by atoms with E-state index in [1.54, 1.807) is 6.07 Å². The summed E-state index contributed by atoms with van der Waals surface area (Å²) in [6.45, 7) is 0. The predicted octanol–water partition coefficient (Wildman–Crippen LogP) is 3.66.